The molecule has 1 aliphatic heterocycles. The van der Waals surface area contributed by atoms with Crippen LogP contribution in [0, 0.1) is 5.92 Å². The molecule has 0 saturated carbocycles. The van der Waals surface area contributed by atoms with Crippen LogP contribution in [0.2, 0.25) is 0 Å². The summed E-state index contributed by atoms with van der Waals surface area (Å²) >= 11 is 1.10. The number of alkyl halides is 3. The highest BCUT2D eigenvalue weighted by molar-refractivity contribution is 7.16. The first kappa shape index (κ1) is 29.0. The second-order valence-electron chi connectivity index (χ2n) is 10.7. The number of aromatic nitrogens is 3. The summed E-state index contributed by atoms with van der Waals surface area (Å²) in [4.78, 5) is 26.4. The zero-order valence-corrected chi connectivity index (χ0v) is 24.0. The lowest BCUT2D eigenvalue weighted by atomic mass is 10.0. The Labute approximate surface area is 240 Å². The van der Waals surface area contributed by atoms with Gasteiger partial charge in [-0.1, -0.05) is 32.0 Å². The van der Waals surface area contributed by atoms with Crippen LogP contribution in [0.25, 0.3) is 16.0 Å². The van der Waals surface area contributed by atoms with E-state index < -0.39 is 23.8 Å². The maximum absolute atomic E-state index is 13.6. The molecule has 1 atom stereocenters. The van der Waals surface area contributed by atoms with Gasteiger partial charge in [0.25, 0.3) is 5.91 Å². The van der Waals surface area contributed by atoms with E-state index in [-0.39, 0.29) is 16.2 Å². The number of imidazole rings is 1. The molecule has 5 rings (SSSR count). The first-order valence-corrected chi connectivity index (χ1v) is 14.3. The number of hydrogen-bond acceptors (Lipinski definition) is 7. The highest BCUT2D eigenvalue weighted by atomic mass is 32.1. The van der Waals surface area contributed by atoms with Gasteiger partial charge >= 0.3 is 6.18 Å². The van der Waals surface area contributed by atoms with Gasteiger partial charge in [-0.25, -0.2) is 4.98 Å². The Morgan fingerprint density at radius 1 is 1.07 bits per heavy atom. The van der Waals surface area contributed by atoms with Crippen molar-refractivity contribution in [3.8, 4) is 10.8 Å². The fraction of sp³-hybridized carbons (Fsp3) is 0.414. The third kappa shape index (κ3) is 6.55. The van der Waals surface area contributed by atoms with E-state index >= 15 is 0 Å². The summed E-state index contributed by atoms with van der Waals surface area (Å²) in [6, 6.07) is 8.83. The molecular weight excluding hydrogens is 553 g/mol. The molecule has 41 heavy (non-hydrogen) atoms. The van der Waals surface area contributed by atoms with E-state index in [1.54, 1.807) is 18.6 Å². The number of fused-ring (bicyclic) bond motifs is 1. The van der Waals surface area contributed by atoms with Crippen LogP contribution in [0.5, 0.6) is 5.75 Å². The molecule has 1 fully saturated rings. The minimum Gasteiger partial charge on any atom is -0.484 e. The number of thiophene rings is 1. The molecule has 2 N–H and O–H groups in total. The molecule has 1 aromatic carbocycles. The van der Waals surface area contributed by atoms with Crippen molar-refractivity contribution in [2.45, 2.75) is 39.6 Å². The number of pyridine rings is 1. The highest BCUT2D eigenvalue weighted by Gasteiger charge is 2.35. The topological polar surface area (TPSA) is 89.5 Å². The monoisotopic (exact) mass is 586 g/mol. The van der Waals surface area contributed by atoms with Crippen molar-refractivity contribution in [3.05, 3.63) is 70.6 Å². The number of rotatable bonds is 9. The van der Waals surface area contributed by atoms with Gasteiger partial charge in [0.1, 0.15) is 33.6 Å². The molecule has 218 valence electrons. The van der Waals surface area contributed by atoms with Gasteiger partial charge in [0, 0.05) is 50.9 Å². The Morgan fingerprint density at radius 2 is 1.78 bits per heavy atom. The van der Waals surface area contributed by atoms with Crippen LogP contribution in [0.3, 0.4) is 0 Å². The van der Waals surface area contributed by atoms with Crippen molar-refractivity contribution in [1.29, 1.82) is 0 Å². The standard InChI is InChI=1S/C29H33F3N6O2S/c1-18(2)15-36-8-10-37(11-9-36)16-20-12-24-23(14-34-20)35-17-38(24)26-13-25(27(41-26)28(33)39)40-19(3)21-6-4-5-7-22(21)29(30,31)32/h4-7,12-14,17-19H,8-11,15-16H2,1-3H3,(H2,33,39)/t19-/m1/s1. The van der Waals surface area contributed by atoms with Gasteiger partial charge in [0.05, 0.1) is 23.0 Å². The molecule has 0 radical (unpaired) electrons. The quantitative estimate of drug-likeness (QED) is 0.278. The SMILES string of the molecule is CC(C)CN1CCN(Cc2cc3c(cn2)ncn3-c2cc(O[C@H](C)c3ccccc3C(F)(F)F)c(C(N)=O)s2)CC1. The zero-order valence-electron chi connectivity index (χ0n) is 23.2. The Bertz CT molecular complexity index is 1520. The first-order valence-electron chi connectivity index (χ1n) is 13.5. The molecular formula is C29H33F3N6O2S. The van der Waals surface area contributed by atoms with Crippen LogP contribution in [-0.4, -0.2) is 63.0 Å². The van der Waals surface area contributed by atoms with Gasteiger partial charge in [0.2, 0.25) is 0 Å². The average molecular weight is 587 g/mol. The van der Waals surface area contributed by atoms with Crippen molar-refractivity contribution in [3.63, 3.8) is 0 Å². The Hall–Kier alpha value is -3.48. The number of piperazine rings is 1. The third-order valence-corrected chi connectivity index (χ3v) is 8.25. The third-order valence-electron chi connectivity index (χ3n) is 7.12. The van der Waals surface area contributed by atoms with Gasteiger partial charge in [-0.2, -0.15) is 13.2 Å². The van der Waals surface area contributed by atoms with Gasteiger partial charge < -0.3 is 15.4 Å². The Morgan fingerprint density at radius 3 is 2.46 bits per heavy atom. The van der Waals surface area contributed by atoms with E-state index in [1.165, 1.54) is 25.1 Å². The largest absolute Gasteiger partial charge is 0.484 e. The molecule has 0 aliphatic carbocycles. The molecule has 1 amide bonds. The summed E-state index contributed by atoms with van der Waals surface area (Å²) in [5.41, 5.74) is 7.20. The molecule has 8 nitrogen and oxygen atoms in total. The lowest BCUT2D eigenvalue weighted by Gasteiger charge is -2.35. The van der Waals surface area contributed by atoms with Crippen molar-refractivity contribution in [1.82, 2.24) is 24.3 Å². The molecule has 1 saturated heterocycles. The van der Waals surface area contributed by atoms with Crippen LogP contribution in [0.15, 0.2) is 48.9 Å². The number of amides is 1. The predicted molar refractivity (Wildman–Crippen MR) is 152 cm³/mol. The lowest BCUT2D eigenvalue weighted by molar-refractivity contribution is -0.139. The average Bonchev–Trinajstić information content (AvgIpc) is 3.53. The van der Waals surface area contributed by atoms with Crippen molar-refractivity contribution in [2.24, 2.45) is 11.7 Å². The Kier molecular flexibility index (Phi) is 8.35. The minimum absolute atomic E-state index is 0.0305. The summed E-state index contributed by atoms with van der Waals surface area (Å²) in [6.07, 6.45) is -2.16. The van der Waals surface area contributed by atoms with E-state index in [1.807, 2.05) is 10.6 Å². The van der Waals surface area contributed by atoms with E-state index in [0.29, 0.717) is 23.0 Å². The molecule has 4 heterocycles. The normalized spacial score (nSPS) is 16.0. The number of primary amides is 1. The number of carbonyl (C=O) groups is 1. The second kappa shape index (κ2) is 11.8. The van der Waals surface area contributed by atoms with Crippen LogP contribution in [0.4, 0.5) is 13.2 Å². The zero-order chi connectivity index (χ0) is 29.3. The Balaban J connectivity index is 1.38. The van der Waals surface area contributed by atoms with E-state index in [9.17, 15) is 18.0 Å². The van der Waals surface area contributed by atoms with Gasteiger partial charge in [0.15, 0.2) is 0 Å². The van der Waals surface area contributed by atoms with Crippen molar-refractivity contribution >= 4 is 28.3 Å². The van der Waals surface area contributed by atoms with E-state index in [4.69, 9.17) is 10.5 Å². The predicted octanol–water partition coefficient (Wildman–Crippen LogP) is 5.51. The number of benzene rings is 1. The van der Waals surface area contributed by atoms with Gasteiger partial charge in [-0.05, 0) is 25.0 Å². The highest BCUT2D eigenvalue weighted by Crippen LogP contribution is 2.39. The van der Waals surface area contributed by atoms with Crippen LogP contribution >= 0.6 is 11.3 Å². The van der Waals surface area contributed by atoms with E-state index in [2.05, 4.69) is 33.6 Å². The molecule has 3 aromatic heterocycles. The summed E-state index contributed by atoms with van der Waals surface area (Å²) in [5, 5.41) is 0.604. The summed E-state index contributed by atoms with van der Waals surface area (Å²) in [7, 11) is 0. The van der Waals surface area contributed by atoms with Crippen molar-refractivity contribution in [2.75, 3.05) is 32.7 Å². The van der Waals surface area contributed by atoms with Gasteiger partial charge in [-0.3, -0.25) is 19.2 Å². The van der Waals surface area contributed by atoms with E-state index in [0.717, 1.165) is 61.3 Å². The molecule has 1 aliphatic rings. The minimum atomic E-state index is -4.54. The van der Waals surface area contributed by atoms with Crippen LogP contribution in [0.1, 0.15) is 53.4 Å². The van der Waals surface area contributed by atoms with Gasteiger partial charge in [-0.15, -0.1) is 11.3 Å². The number of halogens is 3. The number of hydrogen-bond donors (Lipinski definition) is 1. The fourth-order valence-electron chi connectivity index (χ4n) is 5.19. The van der Waals surface area contributed by atoms with Crippen LogP contribution < -0.4 is 10.5 Å². The number of ether oxygens (including phenoxy) is 1. The van der Waals surface area contributed by atoms with Crippen molar-refractivity contribution < 1.29 is 22.7 Å². The van der Waals surface area contributed by atoms with Crippen LogP contribution in [-0.2, 0) is 12.7 Å². The molecule has 12 heteroatoms. The molecule has 0 spiro atoms. The smallest absolute Gasteiger partial charge is 0.416 e. The second-order valence-corrected chi connectivity index (χ2v) is 11.8. The molecule has 4 aromatic rings. The number of nitrogens with zero attached hydrogens (tertiary/aromatic N) is 5. The summed E-state index contributed by atoms with van der Waals surface area (Å²) < 4.78 is 48.5. The maximum Gasteiger partial charge on any atom is 0.416 e. The molecule has 0 bridgehead atoms. The maximum atomic E-state index is 13.6. The lowest BCUT2D eigenvalue weighted by Crippen LogP contribution is -2.46. The summed E-state index contributed by atoms with van der Waals surface area (Å²) in [6.45, 7) is 11.8. The number of nitrogens with two attached hydrogens (primary N) is 1. The fourth-order valence-corrected chi connectivity index (χ4v) is 6.12. The first-order chi connectivity index (χ1) is 19.5. The molecule has 0 unspecified atom stereocenters. The number of carbonyl (C=O) groups excluding carboxylic acids is 1. The summed E-state index contributed by atoms with van der Waals surface area (Å²) in [5.74, 6) is 0.0383.